The van der Waals surface area contributed by atoms with Gasteiger partial charge in [0.05, 0.1) is 17.6 Å². The number of anilines is 1. The molecule has 0 saturated carbocycles. The molecular formula is C15H10ClF2N5O. The first-order chi connectivity index (χ1) is 11.6. The third-order valence-electron chi connectivity index (χ3n) is 3.11. The minimum atomic E-state index is -2.93. The van der Waals surface area contributed by atoms with E-state index in [1.165, 1.54) is 18.3 Å². The maximum absolute atomic E-state index is 13.4. The van der Waals surface area contributed by atoms with Crippen molar-refractivity contribution in [1.82, 2.24) is 20.0 Å². The molecule has 0 unspecified atom stereocenters. The predicted octanol–water partition coefficient (Wildman–Crippen LogP) is 3.51. The molecule has 0 bridgehead atoms. The van der Waals surface area contributed by atoms with Gasteiger partial charge in [-0.1, -0.05) is 35.0 Å². The van der Waals surface area contributed by atoms with Crippen molar-refractivity contribution in [3.63, 3.8) is 0 Å². The summed E-state index contributed by atoms with van der Waals surface area (Å²) in [4.78, 5) is 16.0. The third kappa shape index (κ3) is 3.23. The minimum Gasteiger partial charge on any atom is -0.319 e. The van der Waals surface area contributed by atoms with E-state index in [-0.39, 0.29) is 5.15 Å². The molecule has 24 heavy (non-hydrogen) atoms. The summed E-state index contributed by atoms with van der Waals surface area (Å²) in [6, 6.07) is 11.2. The SMILES string of the molecule is O=C(Nc1ccc(Cl)nc1)c1nnn(-c2ccccc2)c1C(F)F. The largest absolute Gasteiger partial charge is 0.319 e. The number of alkyl halides is 2. The van der Waals surface area contributed by atoms with E-state index in [1.807, 2.05) is 0 Å². The second-order valence-electron chi connectivity index (χ2n) is 4.70. The first-order valence-corrected chi connectivity index (χ1v) is 7.16. The molecule has 1 N–H and O–H groups in total. The summed E-state index contributed by atoms with van der Waals surface area (Å²) in [6.45, 7) is 0. The number of para-hydroxylation sites is 1. The first kappa shape index (κ1) is 16.0. The molecule has 0 aliphatic rings. The summed E-state index contributed by atoms with van der Waals surface area (Å²) in [6.07, 6.45) is -1.62. The number of nitrogens with one attached hydrogen (secondary N) is 1. The van der Waals surface area contributed by atoms with Gasteiger partial charge in [0.25, 0.3) is 12.3 Å². The van der Waals surface area contributed by atoms with E-state index in [1.54, 1.807) is 30.3 Å². The molecule has 0 saturated heterocycles. The molecule has 9 heteroatoms. The first-order valence-electron chi connectivity index (χ1n) is 6.78. The van der Waals surface area contributed by atoms with Crippen LogP contribution in [-0.4, -0.2) is 25.9 Å². The highest BCUT2D eigenvalue weighted by Gasteiger charge is 2.27. The number of pyridine rings is 1. The normalized spacial score (nSPS) is 10.8. The fraction of sp³-hybridized carbons (Fsp3) is 0.0667. The average Bonchev–Trinajstić information content (AvgIpc) is 3.03. The number of aromatic nitrogens is 4. The van der Waals surface area contributed by atoms with Crippen molar-refractivity contribution in [2.75, 3.05) is 5.32 Å². The third-order valence-corrected chi connectivity index (χ3v) is 3.34. The van der Waals surface area contributed by atoms with Crippen LogP contribution in [0, 0.1) is 0 Å². The van der Waals surface area contributed by atoms with Gasteiger partial charge in [-0.2, -0.15) is 0 Å². The number of rotatable bonds is 4. The number of hydrogen-bond acceptors (Lipinski definition) is 4. The molecule has 0 atom stereocenters. The molecule has 2 aromatic heterocycles. The highest BCUT2D eigenvalue weighted by molar-refractivity contribution is 6.29. The summed E-state index contributed by atoms with van der Waals surface area (Å²) in [5.41, 5.74) is -0.351. The maximum atomic E-state index is 13.4. The Labute approximate surface area is 140 Å². The van der Waals surface area contributed by atoms with Crippen LogP contribution in [0.1, 0.15) is 22.6 Å². The zero-order valence-electron chi connectivity index (χ0n) is 12.0. The van der Waals surface area contributed by atoms with E-state index in [2.05, 4.69) is 20.6 Å². The Morgan fingerprint density at radius 3 is 2.54 bits per heavy atom. The van der Waals surface area contributed by atoms with Crippen molar-refractivity contribution in [3.8, 4) is 5.69 Å². The Hall–Kier alpha value is -2.87. The standard InChI is InChI=1S/C15H10ClF2N5O/c16-11-7-6-9(8-19-11)20-15(24)12-13(14(17)18)23(22-21-12)10-4-2-1-3-5-10/h1-8,14H,(H,20,24). The highest BCUT2D eigenvalue weighted by Crippen LogP contribution is 2.25. The summed E-state index contributed by atoms with van der Waals surface area (Å²) >= 11 is 5.65. The van der Waals surface area contributed by atoms with Gasteiger partial charge in [-0.15, -0.1) is 5.10 Å². The summed E-state index contributed by atoms with van der Waals surface area (Å²) in [5.74, 6) is -0.809. The van der Waals surface area contributed by atoms with Crippen molar-refractivity contribution in [2.24, 2.45) is 0 Å². The molecule has 3 rings (SSSR count). The number of amides is 1. The van der Waals surface area contributed by atoms with Gasteiger partial charge < -0.3 is 5.32 Å². The maximum Gasteiger partial charge on any atom is 0.282 e. The van der Waals surface area contributed by atoms with Crippen LogP contribution in [0.25, 0.3) is 5.69 Å². The Morgan fingerprint density at radius 1 is 1.17 bits per heavy atom. The second-order valence-corrected chi connectivity index (χ2v) is 5.08. The quantitative estimate of drug-likeness (QED) is 0.732. The van der Waals surface area contributed by atoms with Crippen LogP contribution >= 0.6 is 11.6 Å². The van der Waals surface area contributed by atoms with Crippen LogP contribution in [0.2, 0.25) is 5.15 Å². The predicted molar refractivity (Wildman–Crippen MR) is 83.5 cm³/mol. The Kier molecular flexibility index (Phi) is 4.48. The fourth-order valence-corrected chi connectivity index (χ4v) is 2.16. The van der Waals surface area contributed by atoms with Gasteiger partial charge in [0, 0.05) is 0 Å². The van der Waals surface area contributed by atoms with Crippen LogP contribution in [-0.2, 0) is 0 Å². The molecule has 1 aromatic carbocycles. The molecule has 2 heterocycles. The van der Waals surface area contributed by atoms with Gasteiger partial charge in [-0.25, -0.2) is 18.4 Å². The van der Waals surface area contributed by atoms with E-state index in [4.69, 9.17) is 11.6 Å². The van der Waals surface area contributed by atoms with Crippen molar-refractivity contribution in [2.45, 2.75) is 6.43 Å². The molecule has 3 aromatic rings. The van der Waals surface area contributed by atoms with Gasteiger partial charge in [0.15, 0.2) is 5.69 Å². The second kappa shape index (κ2) is 6.71. The molecular weight excluding hydrogens is 340 g/mol. The number of halogens is 3. The zero-order valence-corrected chi connectivity index (χ0v) is 12.8. The van der Waals surface area contributed by atoms with Gasteiger partial charge in [0.1, 0.15) is 10.8 Å². The Morgan fingerprint density at radius 2 is 1.92 bits per heavy atom. The monoisotopic (exact) mass is 349 g/mol. The molecule has 0 aliphatic heterocycles. The van der Waals surface area contributed by atoms with E-state index in [0.29, 0.717) is 11.4 Å². The van der Waals surface area contributed by atoms with Gasteiger partial charge in [-0.3, -0.25) is 4.79 Å². The van der Waals surface area contributed by atoms with Crippen LogP contribution in [0.3, 0.4) is 0 Å². The number of hydrogen-bond donors (Lipinski definition) is 1. The molecule has 1 amide bonds. The van der Waals surface area contributed by atoms with Crippen molar-refractivity contribution in [3.05, 3.63) is 65.2 Å². The van der Waals surface area contributed by atoms with Gasteiger partial charge in [-0.05, 0) is 24.3 Å². The minimum absolute atomic E-state index is 0.247. The lowest BCUT2D eigenvalue weighted by Crippen LogP contribution is -2.16. The lowest BCUT2D eigenvalue weighted by atomic mass is 10.2. The topological polar surface area (TPSA) is 72.7 Å². The van der Waals surface area contributed by atoms with Crippen LogP contribution < -0.4 is 5.32 Å². The summed E-state index contributed by atoms with van der Waals surface area (Å²) in [7, 11) is 0. The Balaban J connectivity index is 1.94. The fourth-order valence-electron chi connectivity index (χ4n) is 2.05. The van der Waals surface area contributed by atoms with Crippen LogP contribution in [0.5, 0.6) is 0 Å². The molecule has 0 fully saturated rings. The van der Waals surface area contributed by atoms with E-state index in [0.717, 1.165) is 4.68 Å². The van der Waals surface area contributed by atoms with Crippen molar-refractivity contribution in [1.29, 1.82) is 0 Å². The number of carbonyl (C=O) groups excluding carboxylic acids is 1. The smallest absolute Gasteiger partial charge is 0.282 e. The van der Waals surface area contributed by atoms with E-state index in [9.17, 15) is 13.6 Å². The molecule has 0 aliphatic carbocycles. The lowest BCUT2D eigenvalue weighted by molar-refractivity contribution is 0.100. The van der Waals surface area contributed by atoms with Gasteiger partial charge in [0.2, 0.25) is 0 Å². The van der Waals surface area contributed by atoms with E-state index < -0.39 is 23.7 Å². The highest BCUT2D eigenvalue weighted by atomic mass is 35.5. The number of benzene rings is 1. The van der Waals surface area contributed by atoms with E-state index >= 15 is 0 Å². The number of nitrogens with zero attached hydrogens (tertiary/aromatic N) is 4. The van der Waals surface area contributed by atoms with Crippen molar-refractivity contribution >= 4 is 23.2 Å². The lowest BCUT2D eigenvalue weighted by Gasteiger charge is -2.07. The van der Waals surface area contributed by atoms with Crippen LogP contribution in [0.15, 0.2) is 48.7 Å². The zero-order chi connectivity index (χ0) is 17.1. The molecule has 6 nitrogen and oxygen atoms in total. The van der Waals surface area contributed by atoms with Crippen molar-refractivity contribution < 1.29 is 13.6 Å². The van der Waals surface area contributed by atoms with Gasteiger partial charge >= 0.3 is 0 Å². The number of carbonyl (C=O) groups is 1. The average molecular weight is 350 g/mol. The Bertz CT molecular complexity index is 852. The molecule has 0 radical (unpaired) electrons. The van der Waals surface area contributed by atoms with Crippen LogP contribution in [0.4, 0.5) is 14.5 Å². The molecule has 122 valence electrons. The summed E-state index contributed by atoms with van der Waals surface area (Å²) < 4.78 is 27.8. The molecule has 0 spiro atoms. The summed E-state index contributed by atoms with van der Waals surface area (Å²) in [5, 5.41) is 9.96.